The van der Waals surface area contributed by atoms with Gasteiger partial charge in [0.05, 0.1) is 6.10 Å². The van der Waals surface area contributed by atoms with Gasteiger partial charge < -0.3 is 15.3 Å². The number of aliphatic hydroxyl groups excluding tert-OH is 1. The molecule has 0 saturated carbocycles. The molecule has 1 atom stereocenters. The molecule has 3 rings (SSSR count). The fourth-order valence-electron chi connectivity index (χ4n) is 3.53. The van der Waals surface area contributed by atoms with Crippen LogP contribution in [0.25, 0.3) is 0 Å². The predicted molar refractivity (Wildman–Crippen MR) is 109 cm³/mol. The third kappa shape index (κ3) is 5.33. The van der Waals surface area contributed by atoms with E-state index in [0.29, 0.717) is 30.2 Å². The van der Waals surface area contributed by atoms with Crippen LogP contribution < -0.4 is 5.32 Å². The molecule has 0 aromatic heterocycles. The molecule has 1 fully saturated rings. The molecule has 0 bridgehead atoms. The fraction of sp³-hybridized carbons (Fsp3) is 0.364. The Morgan fingerprint density at radius 1 is 1.07 bits per heavy atom. The van der Waals surface area contributed by atoms with Crippen LogP contribution in [0.1, 0.15) is 41.3 Å². The van der Waals surface area contributed by atoms with Gasteiger partial charge in [0.25, 0.3) is 5.91 Å². The molecule has 2 N–H and O–H groups in total. The van der Waals surface area contributed by atoms with E-state index >= 15 is 0 Å². The average Bonchev–Trinajstić information content (AvgIpc) is 2.74. The van der Waals surface area contributed by atoms with Gasteiger partial charge in [0.1, 0.15) is 0 Å². The lowest BCUT2D eigenvalue weighted by Crippen LogP contribution is -2.41. The van der Waals surface area contributed by atoms with Crippen LogP contribution in [0.15, 0.2) is 54.6 Å². The first-order valence-electron chi connectivity index (χ1n) is 9.59. The second-order valence-corrected chi connectivity index (χ2v) is 7.52. The van der Waals surface area contributed by atoms with E-state index in [9.17, 15) is 14.7 Å². The van der Waals surface area contributed by atoms with Crippen molar-refractivity contribution in [2.45, 2.75) is 25.4 Å². The van der Waals surface area contributed by atoms with Gasteiger partial charge in [-0.2, -0.15) is 0 Å². The standard InChI is InChI=1S/C22H25ClN2O3/c23-19-8-6-18(7-9-19)22(28)24-13-10-20(26)25-14-11-17(12-15-25)21(27)16-4-2-1-3-5-16/h1-9,17,21,27H,10-15H2,(H,24,28). The van der Waals surface area contributed by atoms with Crippen LogP contribution in [0.4, 0.5) is 0 Å². The molecule has 1 aliphatic heterocycles. The molecule has 5 nitrogen and oxygen atoms in total. The SMILES string of the molecule is O=C(NCCC(=O)N1CCC(C(O)c2ccccc2)CC1)c1ccc(Cl)cc1. The number of aliphatic hydroxyl groups is 1. The van der Waals surface area contributed by atoms with Gasteiger partial charge >= 0.3 is 0 Å². The number of carbonyl (C=O) groups is 2. The Balaban J connectivity index is 1.40. The van der Waals surface area contributed by atoms with Crippen molar-refractivity contribution in [1.82, 2.24) is 10.2 Å². The van der Waals surface area contributed by atoms with Crippen molar-refractivity contribution in [2.75, 3.05) is 19.6 Å². The molecule has 2 aromatic carbocycles. The number of likely N-dealkylation sites (tertiary alicyclic amines) is 1. The summed E-state index contributed by atoms with van der Waals surface area (Å²) in [4.78, 5) is 26.3. The molecular weight excluding hydrogens is 376 g/mol. The maximum atomic E-state index is 12.4. The summed E-state index contributed by atoms with van der Waals surface area (Å²) >= 11 is 5.82. The third-order valence-electron chi connectivity index (χ3n) is 5.21. The molecule has 0 radical (unpaired) electrons. The number of nitrogens with one attached hydrogen (secondary N) is 1. The molecule has 148 valence electrons. The molecule has 1 saturated heterocycles. The highest BCUT2D eigenvalue weighted by molar-refractivity contribution is 6.30. The Labute approximate surface area is 170 Å². The van der Waals surface area contributed by atoms with Crippen LogP contribution in [0.3, 0.4) is 0 Å². The Hall–Kier alpha value is -2.37. The molecule has 0 aliphatic carbocycles. The number of hydrogen-bond donors (Lipinski definition) is 2. The zero-order valence-corrected chi connectivity index (χ0v) is 16.4. The zero-order valence-electron chi connectivity index (χ0n) is 15.7. The summed E-state index contributed by atoms with van der Waals surface area (Å²) in [7, 11) is 0. The topological polar surface area (TPSA) is 69.6 Å². The molecule has 28 heavy (non-hydrogen) atoms. The van der Waals surface area contributed by atoms with Crippen molar-refractivity contribution in [3.05, 3.63) is 70.7 Å². The van der Waals surface area contributed by atoms with E-state index < -0.39 is 6.10 Å². The highest BCUT2D eigenvalue weighted by Gasteiger charge is 2.28. The summed E-state index contributed by atoms with van der Waals surface area (Å²) < 4.78 is 0. The van der Waals surface area contributed by atoms with Crippen LogP contribution in [-0.4, -0.2) is 41.5 Å². The summed E-state index contributed by atoms with van der Waals surface area (Å²) in [6.45, 7) is 1.57. The number of nitrogens with zero attached hydrogens (tertiary/aromatic N) is 1. The van der Waals surface area contributed by atoms with Gasteiger partial charge in [0, 0.05) is 36.6 Å². The van der Waals surface area contributed by atoms with E-state index in [1.165, 1.54) is 0 Å². The van der Waals surface area contributed by atoms with E-state index in [0.717, 1.165) is 18.4 Å². The maximum Gasteiger partial charge on any atom is 0.251 e. The highest BCUT2D eigenvalue weighted by atomic mass is 35.5. The molecule has 1 unspecified atom stereocenters. The van der Waals surface area contributed by atoms with Gasteiger partial charge in [-0.1, -0.05) is 41.9 Å². The smallest absolute Gasteiger partial charge is 0.251 e. The second kappa shape index (κ2) is 9.71. The monoisotopic (exact) mass is 400 g/mol. The number of hydrogen-bond acceptors (Lipinski definition) is 3. The minimum absolute atomic E-state index is 0.0315. The number of piperidine rings is 1. The van der Waals surface area contributed by atoms with E-state index in [1.54, 1.807) is 24.3 Å². The summed E-state index contributed by atoms with van der Waals surface area (Å²) in [5.74, 6) is -0.0192. The van der Waals surface area contributed by atoms with E-state index in [-0.39, 0.29) is 24.2 Å². The van der Waals surface area contributed by atoms with Gasteiger partial charge in [-0.05, 0) is 48.6 Å². The molecule has 1 aliphatic rings. The minimum Gasteiger partial charge on any atom is -0.388 e. The number of halogens is 1. The minimum atomic E-state index is -0.489. The third-order valence-corrected chi connectivity index (χ3v) is 5.46. The number of amides is 2. The van der Waals surface area contributed by atoms with Crippen molar-refractivity contribution in [3.8, 4) is 0 Å². The summed E-state index contributed by atoms with van der Waals surface area (Å²) in [6, 6.07) is 16.3. The normalized spacial score (nSPS) is 15.9. The van der Waals surface area contributed by atoms with E-state index in [2.05, 4.69) is 5.32 Å². The quantitative estimate of drug-likeness (QED) is 0.780. The lowest BCUT2D eigenvalue weighted by molar-refractivity contribution is -0.133. The highest BCUT2D eigenvalue weighted by Crippen LogP contribution is 2.30. The maximum absolute atomic E-state index is 12.4. The molecular formula is C22H25ClN2O3. The summed E-state index contributed by atoms with van der Waals surface area (Å²) in [5.41, 5.74) is 1.45. The first-order valence-corrected chi connectivity index (χ1v) is 9.97. The zero-order chi connectivity index (χ0) is 19.9. The van der Waals surface area contributed by atoms with E-state index in [4.69, 9.17) is 11.6 Å². The summed E-state index contributed by atoms with van der Waals surface area (Å²) in [5, 5.41) is 13.9. The Bertz CT molecular complexity index is 787. The van der Waals surface area contributed by atoms with Crippen molar-refractivity contribution >= 4 is 23.4 Å². The first kappa shape index (κ1) is 20.4. The summed E-state index contributed by atoms with van der Waals surface area (Å²) in [6.07, 6.45) is 1.33. The number of benzene rings is 2. The lowest BCUT2D eigenvalue weighted by atomic mass is 9.87. The molecule has 0 spiro atoms. The van der Waals surface area contributed by atoms with Crippen LogP contribution in [0.2, 0.25) is 5.02 Å². The second-order valence-electron chi connectivity index (χ2n) is 7.09. The van der Waals surface area contributed by atoms with Gasteiger partial charge in [-0.15, -0.1) is 0 Å². The van der Waals surface area contributed by atoms with Crippen molar-refractivity contribution in [3.63, 3.8) is 0 Å². The Morgan fingerprint density at radius 3 is 2.36 bits per heavy atom. The molecule has 2 amide bonds. The van der Waals surface area contributed by atoms with Crippen molar-refractivity contribution in [1.29, 1.82) is 0 Å². The predicted octanol–water partition coefficient (Wildman–Crippen LogP) is 3.43. The van der Waals surface area contributed by atoms with Gasteiger partial charge in [-0.25, -0.2) is 0 Å². The lowest BCUT2D eigenvalue weighted by Gasteiger charge is -2.34. The van der Waals surface area contributed by atoms with Crippen LogP contribution in [0, 0.1) is 5.92 Å². The average molecular weight is 401 g/mol. The van der Waals surface area contributed by atoms with Crippen LogP contribution >= 0.6 is 11.6 Å². The van der Waals surface area contributed by atoms with Gasteiger partial charge in [0.15, 0.2) is 0 Å². The number of rotatable bonds is 6. The first-order chi connectivity index (χ1) is 13.5. The van der Waals surface area contributed by atoms with Gasteiger partial charge in [-0.3, -0.25) is 9.59 Å². The van der Waals surface area contributed by atoms with Crippen molar-refractivity contribution < 1.29 is 14.7 Å². The van der Waals surface area contributed by atoms with Gasteiger partial charge in [0.2, 0.25) is 5.91 Å². The Kier molecular flexibility index (Phi) is 7.06. The molecule has 6 heteroatoms. The number of carbonyl (C=O) groups excluding carboxylic acids is 2. The largest absolute Gasteiger partial charge is 0.388 e. The van der Waals surface area contributed by atoms with Crippen molar-refractivity contribution in [2.24, 2.45) is 5.92 Å². The molecule has 1 heterocycles. The van der Waals surface area contributed by atoms with Crippen LogP contribution in [-0.2, 0) is 4.79 Å². The fourth-order valence-corrected chi connectivity index (χ4v) is 3.66. The Morgan fingerprint density at radius 2 is 1.71 bits per heavy atom. The van der Waals surface area contributed by atoms with E-state index in [1.807, 2.05) is 35.2 Å². The van der Waals surface area contributed by atoms with Crippen LogP contribution in [0.5, 0.6) is 0 Å². The molecule has 2 aromatic rings.